The number of carboxylic acid groups (broad SMARTS) is 2. The average molecular weight is 487 g/mol. The van der Waals surface area contributed by atoms with Crippen molar-refractivity contribution >= 4 is 23.9 Å². The van der Waals surface area contributed by atoms with Crippen molar-refractivity contribution < 1.29 is 56.1 Å². The number of carbonyl (C=O) groups is 4. The molecular formula is C21H20N2NiO8+2. The van der Waals surface area contributed by atoms with Gasteiger partial charge >= 0.3 is 23.9 Å². The van der Waals surface area contributed by atoms with Crippen LogP contribution in [-0.2, 0) is 16.5 Å². The van der Waals surface area contributed by atoms with Gasteiger partial charge in [-0.25, -0.2) is 9.59 Å². The number of aromatic carboxylic acids is 2. The van der Waals surface area contributed by atoms with Gasteiger partial charge in [-0.05, 0) is 36.4 Å². The SMILES string of the molecule is C.O=C(O)c1ccnc(-c2cc(C(=O)O)ccn2)c1.O=C([OH2+])c1ccccc1C(=O)[OH2+].[Ni]. The van der Waals surface area contributed by atoms with Crippen LogP contribution in [0.25, 0.3) is 11.4 Å². The molecule has 3 rings (SSSR count). The number of nitrogens with zero attached hydrogens (tertiary/aromatic N) is 2. The second-order valence-corrected chi connectivity index (χ2v) is 5.67. The first-order valence-corrected chi connectivity index (χ1v) is 8.20. The topological polar surface area (TPSA) is 180 Å². The van der Waals surface area contributed by atoms with Gasteiger partial charge < -0.3 is 20.4 Å². The summed E-state index contributed by atoms with van der Waals surface area (Å²) in [6.45, 7) is 0. The molecule has 0 aliphatic carbocycles. The second kappa shape index (κ2) is 12.6. The van der Waals surface area contributed by atoms with Crippen molar-refractivity contribution in [2.75, 3.05) is 0 Å². The van der Waals surface area contributed by atoms with Crippen molar-refractivity contribution in [3.8, 4) is 11.4 Å². The van der Waals surface area contributed by atoms with Crippen molar-refractivity contribution in [3.63, 3.8) is 0 Å². The van der Waals surface area contributed by atoms with E-state index in [1.54, 1.807) is 12.1 Å². The van der Waals surface area contributed by atoms with Crippen molar-refractivity contribution in [1.82, 2.24) is 9.97 Å². The maximum atomic E-state index is 10.8. The molecule has 170 valence electrons. The Kier molecular flexibility index (Phi) is 10.9. The summed E-state index contributed by atoms with van der Waals surface area (Å²) in [5.41, 5.74) is 0.746. The van der Waals surface area contributed by atoms with Gasteiger partial charge in [0.05, 0.1) is 22.5 Å². The monoisotopic (exact) mass is 486 g/mol. The zero-order chi connectivity index (χ0) is 22.3. The number of carbonyl (C=O) groups excluding carboxylic acids is 2. The van der Waals surface area contributed by atoms with Gasteiger partial charge in [-0.1, -0.05) is 19.6 Å². The molecule has 2 aromatic heterocycles. The molecule has 11 heteroatoms. The third-order valence-electron chi connectivity index (χ3n) is 3.69. The summed E-state index contributed by atoms with van der Waals surface area (Å²) < 4.78 is 0. The van der Waals surface area contributed by atoms with Gasteiger partial charge in [-0.2, -0.15) is 0 Å². The number of pyridine rings is 2. The van der Waals surface area contributed by atoms with E-state index >= 15 is 0 Å². The molecule has 0 saturated carbocycles. The smallest absolute Gasteiger partial charge is 0.550 e. The Morgan fingerprint density at radius 2 is 1.03 bits per heavy atom. The van der Waals surface area contributed by atoms with Gasteiger partial charge in [0.2, 0.25) is 0 Å². The summed E-state index contributed by atoms with van der Waals surface area (Å²) in [6.07, 6.45) is 2.68. The van der Waals surface area contributed by atoms with E-state index in [1.165, 1.54) is 48.8 Å². The summed E-state index contributed by atoms with van der Waals surface area (Å²) in [6, 6.07) is 11.2. The minimum Gasteiger partial charge on any atom is -0.561 e. The fourth-order valence-corrected chi connectivity index (χ4v) is 2.29. The van der Waals surface area contributed by atoms with E-state index in [4.69, 9.17) is 20.4 Å². The molecule has 0 radical (unpaired) electrons. The Morgan fingerprint density at radius 3 is 1.31 bits per heavy atom. The Labute approximate surface area is 192 Å². The Hall–Kier alpha value is -4.11. The molecule has 0 saturated heterocycles. The molecule has 0 atom stereocenters. The molecule has 1 aromatic carbocycles. The first kappa shape index (κ1) is 27.9. The van der Waals surface area contributed by atoms with Gasteiger partial charge in [0.25, 0.3) is 0 Å². The molecule has 6 N–H and O–H groups in total. The fourth-order valence-electron chi connectivity index (χ4n) is 2.29. The summed E-state index contributed by atoms with van der Waals surface area (Å²) in [5, 5.41) is 31.3. The molecule has 0 fully saturated rings. The largest absolute Gasteiger partial charge is 0.561 e. The van der Waals surface area contributed by atoms with Gasteiger partial charge in [0.1, 0.15) is 11.1 Å². The molecule has 0 aliphatic heterocycles. The van der Waals surface area contributed by atoms with E-state index in [-0.39, 0.29) is 46.2 Å². The standard InChI is InChI=1S/C12H8N2O4.C8H6O4.CH4.Ni/c15-11(16)7-1-3-13-9(5-7)10-6-8(12(17)18)2-4-14-10;9-7(10)5-3-1-2-4-6(5)8(11)12;;/h1-6H,(H,15,16)(H,17,18);1-4H,(H,9,10)(H,11,12);1H4;/p+2. The van der Waals surface area contributed by atoms with Crippen LogP contribution in [0, 0.1) is 0 Å². The van der Waals surface area contributed by atoms with Gasteiger partial charge in [0, 0.05) is 38.5 Å². The van der Waals surface area contributed by atoms with Crippen molar-refractivity contribution in [3.05, 3.63) is 83.2 Å². The third-order valence-corrected chi connectivity index (χ3v) is 3.69. The van der Waals surface area contributed by atoms with E-state index in [0.29, 0.717) is 11.4 Å². The number of hydrogen-bond donors (Lipinski definition) is 2. The molecule has 0 amide bonds. The number of carboxylic acids is 2. The Bertz CT molecular complexity index is 1050. The number of hydrogen-bond acceptors (Lipinski definition) is 6. The van der Waals surface area contributed by atoms with Gasteiger partial charge in [-0.3, -0.25) is 9.97 Å². The van der Waals surface area contributed by atoms with Crippen LogP contribution in [0.3, 0.4) is 0 Å². The zero-order valence-corrected chi connectivity index (χ0v) is 16.5. The Morgan fingerprint density at radius 1 is 0.688 bits per heavy atom. The minimum absolute atomic E-state index is 0. The maximum absolute atomic E-state index is 10.8. The van der Waals surface area contributed by atoms with Crippen molar-refractivity contribution in [2.45, 2.75) is 7.43 Å². The molecule has 2 heterocycles. The fraction of sp³-hybridized carbons (Fsp3) is 0.0476. The van der Waals surface area contributed by atoms with Crippen LogP contribution in [0.2, 0.25) is 0 Å². The molecular weight excluding hydrogens is 467 g/mol. The van der Waals surface area contributed by atoms with Gasteiger partial charge in [-0.15, -0.1) is 0 Å². The molecule has 32 heavy (non-hydrogen) atoms. The molecule has 3 aromatic rings. The predicted molar refractivity (Wildman–Crippen MR) is 110 cm³/mol. The summed E-state index contributed by atoms with van der Waals surface area (Å²) >= 11 is 0. The molecule has 0 spiro atoms. The van der Waals surface area contributed by atoms with E-state index in [1.807, 2.05) is 0 Å². The van der Waals surface area contributed by atoms with Gasteiger partial charge in [0.15, 0.2) is 0 Å². The summed E-state index contributed by atoms with van der Waals surface area (Å²) in [5.74, 6) is -4.03. The molecule has 0 bridgehead atoms. The number of benzene rings is 1. The van der Waals surface area contributed by atoms with Crippen LogP contribution in [-0.4, -0.2) is 54.3 Å². The predicted octanol–water partition coefficient (Wildman–Crippen LogP) is 1.59. The molecule has 0 unspecified atom stereocenters. The van der Waals surface area contributed by atoms with Crippen LogP contribution in [0.4, 0.5) is 0 Å². The average Bonchev–Trinajstić information content (AvgIpc) is 2.74. The summed E-state index contributed by atoms with van der Waals surface area (Å²) in [7, 11) is 0. The number of rotatable bonds is 5. The van der Waals surface area contributed by atoms with Crippen LogP contribution in [0.1, 0.15) is 48.9 Å². The van der Waals surface area contributed by atoms with Crippen molar-refractivity contribution in [2.24, 2.45) is 0 Å². The number of aromatic nitrogens is 2. The quantitative estimate of drug-likeness (QED) is 0.402. The van der Waals surface area contributed by atoms with E-state index in [2.05, 4.69) is 9.97 Å². The van der Waals surface area contributed by atoms with Crippen molar-refractivity contribution in [1.29, 1.82) is 0 Å². The van der Waals surface area contributed by atoms with Crippen LogP contribution in [0.5, 0.6) is 0 Å². The maximum Gasteiger partial charge on any atom is 0.550 e. The second-order valence-electron chi connectivity index (χ2n) is 5.67. The zero-order valence-electron chi connectivity index (χ0n) is 15.5. The molecule has 0 aliphatic rings. The van der Waals surface area contributed by atoms with Crippen LogP contribution < -0.4 is 0 Å². The van der Waals surface area contributed by atoms with E-state index in [0.717, 1.165) is 0 Å². The van der Waals surface area contributed by atoms with Crippen LogP contribution >= 0.6 is 0 Å². The normalized spacial score (nSPS) is 9.12. The third kappa shape index (κ3) is 7.30. The van der Waals surface area contributed by atoms with E-state index < -0.39 is 23.9 Å². The van der Waals surface area contributed by atoms with E-state index in [9.17, 15) is 19.2 Å². The first-order valence-electron chi connectivity index (χ1n) is 8.20. The Balaban J connectivity index is 0.000000607. The summed E-state index contributed by atoms with van der Waals surface area (Å²) in [4.78, 5) is 50.8. The minimum atomic E-state index is -1.08. The molecule has 10 nitrogen and oxygen atoms in total. The first-order chi connectivity index (χ1) is 14.2. The van der Waals surface area contributed by atoms with Crippen LogP contribution in [0.15, 0.2) is 60.9 Å².